The summed E-state index contributed by atoms with van der Waals surface area (Å²) in [5, 5.41) is 10.4. The first-order chi connectivity index (χ1) is 12.6. The molecule has 1 aliphatic heterocycles. The molecule has 0 atom stereocenters. The number of fused-ring (bicyclic) bond motifs is 1. The van der Waals surface area contributed by atoms with E-state index in [-0.39, 0.29) is 11.3 Å². The molecule has 2 N–H and O–H groups in total. The SMILES string of the molecule is CCOc1cccc(CN2CCc3c(nc(CC4CC4)[nH]c3=O)C2)c1O. The Morgan fingerprint density at radius 3 is 3.00 bits per heavy atom. The van der Waals surface area contributed by atoms with Crippen LogP contribution in [0.2, 0.25) is 0 Å². The lowest BCUT2D eigenvalue weighted by Gasteiger charge is -2.28. The molecule has 1 fully saturated rings. The number of aromatic amines is 1. The molecule has 1 aliphatic carbocycles. The lowest BCUT2D eigenvalue weighted by Crippen LogP contribution is -2.35. The van der Waals surface area contributed by atoms with Crippen LogP contribution in [0.25, 0.3) is 0 Å². The summed E-state index contributed by atoms with van der Waals surface area (Å²) in [7, 11) is 0. The summed E-state index contributed by atoms with van der Waals surface area (Å²) in [6.45, 7) is 4.44. The number of phenols is 1. The lowest BCUT2D eigenvalue weighted by atomic mass is 10.0. The van der Waals surface area contributed by atoms with Crippen LogP contribution in [0.1, 0.15) is 42.4 Å². The summed E-state index contributed by atoms with van der Waals surface area (Å²) in [6, 6.07) is 5.59. The molecule has 0 bridgehead atoms. The van der Waals surface area contributed by atoms with E-state index in [0.29, 0.717) is 37.8 Å². The number of nitrogens with one attached hydrogen (secondary N) is 1. The molecule has 0 saturated heterocycles. The highest BCUT2D eigenvalue weighted by molar-refractivity contribution is 5.45. The molecule has 1 saturated carbocycles. The number of hydrogen-bond donors (Lipinski definition) is 2. The number of aromatic hydroxyl groups is 1. The first kappa shape index (κ1) is 17.1. The maximum atomic E-state index is 12.4. The number of ether oxygens (including phenoxy) is 1. The minimum Gasteiger partial charge on any atom is -0.504 e. The van der Waals surface area contributed by atoms with Crippen LogP contribution in [0.4, 0.5) is 0 Å². The quantitative estimate of drug-likeness (QED) is 0.832. The average molecular weight is 355 g/mol. The van der Waals surface area contributed by atoms with Gasteiger partial charge in [-0.25, -0.2) is 4.98 Å². The number of rotatable bonds is 6. The van der Waals surface area contributed by atoms with E-state index in [4.69, 9.17) is 9.72 Å². The minimum atomic E-state index is 0.0199. The van der Waals surface area contributed by atoms with Crippen LogP contribution in [-0.2, 0) is 25.9 Å². The molecule has 2 heterocycles. The average Bonchev–Trinajstić information content (AvgIpc) is 3.42. The number of H-pyrrole nitrogens is 1. The molecule has 0 spiro atoms. The van der Waals surface area contributed by atoms with Gasteiger partial charge in [0.25, 0.3) is 5.56 Å². The molecule has 2 aromatic rings. The zero-order valence-corrected chi connectivity index (χ0v) is 15.1. The molecule has 26 heavy (non-hydrogen) atoms. The van der Waals surface area contributed by atoms with Crippen LogP contribution in [0.5, 0.6) is 11.5 Å². The van der Waals surface area contributed by atoms with Crippen LogP contribution < -0.4 is 10.3 Å². The van der Waals surface area contributed by atoms with Gasteiger partial charge in [-0.05, 0) is 38.2 Å². The Hall–Kier alpha value is -2.34. The van der Waals surface area contributed by atoms with Crippen LogP contribution in [0.3, 0.4) is 0 Å². The molecule has 0 radical (unpaired) electrons. The monoisotopic (exact) mass is 355 g/mol. The Morgan fingerprint density at radius 2 is 2.23 bits per heavy atom. The van der Waals surface area contributed by atoms with Gasteiger partial charge in [0.1, 0.15) is 5.82 Å². The van der Waals surface area contributed by atoms with Gasteiger partial charge in [-0.1, -0.05) is 12.1 Å². The molecule has 6 heteroatoms. The smallest absolute Gasteiger partial charge is 0.254 e. The van der Waals surface area contributed by atoms with E-state index in [1.165, 1.54) is 12.8 Å². The normalized spacial score (nSPS) is 17.1. The van der Waals surface area contributed by atoms with E-state index in [0.717, 1.165) is 35.6 Å². The summed E-state index contributed by atoms with van der Waals surface area (Å²) in [6.07, 6.45) is 4.04. The molecule has 138 valence electrons. The highest BCUT2D eigenvalue weighted by Crippen LogP contribution is 2.32. The van der Waals surface area contributed by atoms with E-state index in [1.54, 1.807) is 6.07 Å². The number of benzene rings is 1. The number of phenolic OH excluding ortho intramolecular Hbond substituents is 1. The summed E-state index contributed by atoms with van der Waals surface area (Å²) in [5.74, 6) is 2.23. The van der Waals surface area contributed by atoms with Crippen molar-refractivity contribution in [3.05, 3.63) is 51.2 Å². The molecule has 1 aromatic carbocycles. The number of nitrogens with zero attached hydrogens (tertiary/aromatic N) is 2. The Labute approximate surface area is 152 Å². The lowest BCUT2D eigenvalue weighted by molar-refractivity contribution is 0.235. The summed E-state index contributed by atoms with van der Waals surface area (Å²) >= 11 is 0. The maximum Gasteiger partial charge on any atom is 0.254 e. The molecule has 2 aliphatic rings. The Bertz CT molecular complexity index is 858. The third kappa shape index (κ3) is 3.60. The Kier molecular flexibility index (Phi) is 4.68. The first-order valence-corrected chi connectivity index (χ1v) is 9.41. The number of para-hydroxylation sites is 1. The molecule has 0 unspecified atom stereocenters. The molecule has 6 nitrogen and oxygen atoms in total. The predicted octanol–water partition coefficient (Wildman–Crippen LogP) is 2.39. The van der Waals surface area contributed by atoms with Crippen LogP contribution >= 0.6 is 0 Å². The van der Waals surface area contributed by atoms with Crippen molar-refractivity contribution in [1.29, 1.82) is 0 Å². The summed E-state index contributed by atoms with van der Waals surface area (Å²) in [5.41, 5.74) is 2.55. The topological polar surface area (TPSA) is 78.5 Å². The highest BCUT2D eigenvalue weighted by Gasteiger charge is 2.26. The second-order valence-electron chi connectivity index (χ2n) is 7.24. The zero-order chi connectivity index (χ0) is 18.1. The minimum absolute atomic E-state index is 0.0199. The molecule has 4 rings (SSSR count). The van der Waals surface area contributed by atoms with Gasteiger partial charge >= 0.3 is 0 Å². The molecular weight excluding hydrogens is 330 g/mol. The summed E-state index contributed by atoms with van der Waals surface area (Å²) in [4.78, 5) is 22.3. The van der Waals surface area contributed by atoms with Crippen molar-refractivity contribution in [2.45, 2.75) is 45.7 Å². The van der Waals surface area contributed by atoms with Gasteiger partial charge in [0.2, 0.25) is 0 Å². The fourth-order valence-electron chi connectivity index (χ4n) is 3.58. The Balaban J connectivity index is 1.52. The van der Waals surface area contributed by atoms with Crippen molar-refractivity contribution in [2.75, 3.05) is 13.2 Å². The first-order valence-electron chi connectivity index (χ1n) is 9.41. The second-order valence-corrected chi connectivity index (χ2v) is 7.24. The number of aromatic nitrogens is 2. The van der Waals surface area contributed by atoms with Crippen molar-refractivity contribution in [3.63, 3.8) is 0 Å². The largest absolute Gasteiger partial charge is 0.504 e. The van der Waals surface area contributed by atoms with Crippen molar-refractivity contribution >= 4 is 0 Å². The van der Waals surface area contributed by atoms with Crippen molar-refractivity contribution < 1.29 is 9.84 Å². The fraction of sp³-hybridized carbons (Fsp3) is 0.500. The molecular formula is C20H25N3O3. The maximum absolute atomic E-state index is 12.4. The van der Waals surface area contributed by atoms with E-state index >= 15 is 0 Å². The third-order valence-corrected chi connectivity index (χ3v) is 5.16. The zero-order valence-electron chi connectivity index (χ0n) is 15.1. The van der Waals surface area contributed by atoms with E-state index in [2.05, 4.69) is 9.88 Å². The van der Waals surface area contributed by atoms with E-state index in [9.17, 15) is 9.90 Å². The van der Waals surface area contributed by atoms with Gasteiger partial charge in [-0.2, -0.15) is 0 Å². The highest BCUT2D eigenvalue weighted by atomic mass is 16.5. The van der Waals surface area contributed by atoms with Crippen LogP contribution in [-0.4, -0.2) is 33.1 Å². The van der Waals surface area contributed by atoms with Gasteiger partial charge in [-0.3, -0.25) is 9.69 Å². The molecule has 1 aromatic heterocycles. The van der Waals surface area contributed by atoms with Crippen LogP contribution in [0, 0.1) is 5.92 Å². The van der Waals surface area contributed by atoms with Crippen molar-refractivity contribution in [3.8, 4) is 11.5 Å². The van der Waals surface area contributed by atoms with Gasteiger partial charge < -0.3 is 14.8 Å². The van der Waals surface area contributed by atoms with E-state index < -0.39 is 0 Å². The standard InChI is InChI=1S/C20H25N3O3/c1-2-26-17-5-3-4-14(19(17)24)11-23-9-8-15-16(12-23)21-18(22-20(15)25)10-13-6-7-13/h3-5,13,24H,2,6-12H2,1H3,(H,21,22,25). The summed E-state index contributed by atoms with van der Waals surface area (Å²) < 4.78 is 5.47. The fourth-order valence-corrected chi connectivity index (χ4v) is 3.58. The van der Waals surface area contributed by atoms with E-state index in [1.807, 2.05) is 19.1 Å². The van der Waals surface area contributed by atoms with Crippen molar-refractivity contribution in [2.24, 2.45) is 5.92 Å². The Morgan fingerprint density at radius 1 is 1.38 bits per heavy atom. The third-order valence-electron chi connectivity index (χ3n) is 5.16. The van der Waals surface area contributed by atoms with Gasteiger partial charge in [0.05, 0.1) is 12.3 Å². The second kappa shape index (κ2) is 7.11. The van der Waals surface area contributed by atoms with Gasteiger partial charge in [0, 0.05) is 37.2 Å². The van der Waals surface area contributed by atoms with Crippen LogP contribution in [0.15, 0.2) is 23.0 Å². The predicted molar refractivity (Wildman–Crippen MR) is 98.4 cm³/mol. The number of hydrogen-bond acceptors (Lipinski definition) is 5. The van der Waals surface area contributed by atoms with Gasteiger partial charge in [0.15, 0.2) is 11.5 Å². The van der Waals surface area contributed by atoms with Gasteiger partial charge in [-0.15, -0.1) is 0 Å². The van der Waals surface area contributed by atoms with Crippen molar-refractivity contribution in [1.82, 2.24) is 14.9 Å². The molecule has 0 amide bonds.